The second kappa shape index (κ2) is 3.21. The standard InChI is InChI=1S/C10H11/c1-3-5-10-7-4-6-9(2)8-10/h3-4,6-8H,1-2H3. The summed E-state index contributed by atoms with van der Waals surface area (Å²) in [5, 5.41) is 0. The third-order valence-corrected chi connectivity index (χ3v) is 1.33. The van der Waals surface area contributed by atoms with Crippen molar-refractivity contribution in [3.63, 3.8) is 0 Å². The summed E-state index contributed by atoms with van der Waals surface area (Å²) < 4.78 is 0. The van der Waals surface area contributed by atoms with Crippen molar-refractivity contribution in [3.05, 3.63) is 47.5 Å². The van der Waals surface area contributed by atoms with Gasteiger partial charge >= 0.3 is 0 Å². The molecule has 0 nitrogen and oxygen atoms in total. The van der Waals surface area contributed by atoms with Crippen molar-refractivity contribution in [1.82, 2.24) is 0 Å². The number of benzene rings is 1. The lowest BCUT2D eigenvalue weighted by atomic mass is 10.1. The van der Waals surface area contributed by atoms with Crippen molar-refractivity contribution in [1.29, 1.82) is 0 Å². The fraction of sp³-hybridized carbons (Fsp3) is 0.200. The first-order valence-electron chi connectivity index (χ1n) is 3.44. The summed E-state index contributed by atoms with van der Waals surface area (Å²) in [5.41, 5.74) is 2.44. The van der Waals surface area contributed by atoms with Gasteiger partial charge in [0.05, 0.1) is 0 Å². The van der Waals surface area contributed by atoms with Crippen LogP contribution in [0.1, 0.15) is 18.1 Å². The quantitative estimate of drug-likeness (QED) is 0.549. The van der Waals surface area contributed by atoms with E-state index < -0.39 is 0 Å². The molecule has 1 rings (SSSR count). The van der Waals surface area contributed by atoms with E-state index in [-0.39, 0.29) is 0 Å². The van der Waals surface area contributed by atoms with E-state index in [0.717, 1.165) is 5.56 Å². The van der Waals surface area contributed by atoms with Crippen LogP contribution < -0.4 is 0 Å². The van der Waals surface area contributed by atoms with Gasteiger partial charge < -0.3 is 0 Å². The Morgan fingerprint density at radius 2 is 2.20 bits per heavy atom. The maximum atomic E-state index is 3.12. The molecule has 0 saturated carbocycles. The lowest BCUT2D eigenvalue weighted by molar-refractivity contribution is 1.42. The Kier molecular flexibility index (Phi) is 2.27. The number of hydrogen-bond acceptors (Lipinski definition) is 0. The smallest absolute Gasteiger partial charge is 0.0151 e. The van der Waals surface area contributed by atoms with Crippen molar-refractivity contribution in [3.8, 4) is 0 Å². The Morgan fingerprint density at radius 3 is 2.80 bits per heavy atom. The van der Waals surface area contributed by atoms with E-state index in [4.69, 9.17) is 0 Å². The molecule has 1 radical (unpaired) electrons. The molecule has 0 amide bonds. The zero-order valence-corrected chi connectivity index (χ0v) is 6.39. The molecule has 0 aromatic heterocycles. The van der Waals surface area contributed by atoms with Gasteiger partial charge in [-0.25, -0.2) is 0 Å². The van der Waals surface area contributed by atoms with Crippen LogP contribution in [0.5, 0.6) is 0 Å². The highest BCUT2D eigenvalue weighted by molar-refractivity contribution is 5.26. The molecule has 51 valence electrons. The summed E-state index contributed by atoms with van der Waals surface area (Å²) in [6.07, 6.45) is 5.05. The van der Waals surface area contributed by atoms with Crippen LogP contribution in [0, 0.1) is 13.0 Å². The number of hydrogen-bond donors (Lipinski definition) is 0. The SMILES string of the molecule is CC=[C]c1cccc(C)c1. The average molecular weight is 131 g/mol. The Balaban J connectivity index is 2.95. The van der Waals surface area contributed by atoms with E-state index in [0.29, 0.717) is 0 Å². The molecule has 0 aliphatic heterocycles. The highest BCUT2D eigenvalue weighted by Gasteiger charge is 1.84. The molecule has 0 heteroatoms. The third kappa shape index (κ3) is 1.73. The molecule has 0 N–H and O–H groups in total. The van der Waals surface area contributed by atoms with Crippen LogP contribution in [0.4, 0.5) is 0 Å². The highest BCUT2D eigenvalue weighted by atomic mass is 13.9. The van der Waals surface area contributed by atoms with Gasteiger partial charge in [0.25, 0.3) is 0 Å². The van der Waals surface area contributed by atoms with Crippen molar-refractivity contribution in [2.45, 2.75) is 13.8 Å². The molecule has 1 aromatic rings. The maximum Gasteiger partial charge on any atom is -0.0151 e. The number of aryl methyl sites for hydroxylation is 1. The summed E-state index contributed by atoms with van der Waals surface area (Å²) in [7, 11) is 0. The third-order valence-electron chi connectivity index (χ3n) is 1.33. The predicted molar refractivity (Wildman–Crippen MR) is 43.8 cm³/mol. The normalized spacial score (nSPS) is 10.6. The van der Waals surface area contributed by atoms with Crippen LogP contribution in [-0.4, -0.2) is 0 Å². The molecule has 0 spiro atoms. The minimum atomic E-state index is 1.16. The van der Waals surface area contributed by atoms with Crippen molar-refractivity contribution in [2.24, 2.45) is 0 Å². The van der Waals surface area contributed by atoms with E-state index in [2.05, 4.69) is 25.1 Å². The minimum Gasteiger partial charge on any atom is -0.0792 e. The molecule has 10 heavy (non-hydrogen) atoms. The second-order valence-electron chi connectivity index (χ2n) is 2.30. The van der Waals surface area contributed by atoms with E-state index in [1.807, 2.05) is 25.1 Å². The molecule has 0 aliphatic carbocycles. The van der Waals surface area contributed by atoms with Crippen LogP contribution in [0.15, 0.2) is 30.3 Å². The molecule has 0 unspecified atom stereocenters. The van der Waals surface area contributed by atoms with Gasteiger partial charge in [0.15, 0.2) is 0 Å². The first kappa shape index (κ1) is 7.07. The van der Waals surface area contributed by atoms with E-state index >= 15 is 0 Å². The van der Waals surface area contributed by atoms with E-state index in [1.165, 1.54) is 5.56 Å². The van der Waals surface area contributed by atoms with Crippen molar-refractivity contribution in [2.75, 3.05) is 0 Å². The van der Waals surface area contributed by atoms with Gasteiger partial charge in [-0.1, -0.05) is 35.9 Å². The molecular weight excluding hydrogens is 120 g/mol. The summed E-state index contributed by atoms with van der Waals surface area (Å²) in [6, 6.07) is 8.29. The zero-order chi connectivity index (χ0) is 7.40. The average Bonchev–Trinajstić information content (AvgIpc) is 1.88. The largest absolute Gasteiger partial charge is 0.0792 e. The summed E-state index contributed by atoms with van der Waals surface area (Å²) in [4.78, 5) is 0. The number of allylic oxidation sites excluding steroid dienone is 1. The van der Waals surface area contributed by atoms with Gasteiger partial charge in [-0.15, -0.1) is 0 Å². The fourth-order valence-electron chi connectivity index (χ4n) is 0.902. The van der Waals surface area contributed by atoms with E-state index in [1.54, 1.807) is 0 Å². The lowest BCUT2D eigenvalue weighted by Gasteiger charge is -1.92. The highest BCUT2D eigenvalue weighted by Crippen LogP contribution is 2.02. The van der Waals surface area contributed by atoms with Gasteiger partial charge in [0, 0.05) is 0 Å². The molecule has 0 bridgehead atoms. The molecule has 0 saturated heterocycles. The molecule has 0 heterocycles. The van der Waals surface area contributed by atoms with Gasteiger partial charge in [-0.2, -0.15) is 0 Å². The van der Waals surface area contributed by atoms with Crippen LogP contribution in [0.2, 0.25) is 0 Å². The predicted octanol–water partition coefficient (Wildman–Crippen LogP) is 2.72. The molecule has 1 aromatic carbocycles. The second-order valence-corrected chi connectivity index (χ2v) is 2.30. The van der Waals surface area contributed by atoms with E-state index in [9.17, 15) is 0 Å². The van der Waals surface area contributed by atoms with Gasteiger partial charge in [-0.3, -0.25) is 0 Å². The van der Waals surface area contributed by atoms with Crippen molar-refractivity contribution >= 4 is 0 Å². The van der Waals surface area contributed by atoms with Crippen LogP contribution in [0.3, 0.4) is 0 Å². The Hall–Kier alpha value is -1.04. The topological polar surface area (TPSA) is 0 Å². The molecular formula is C10H11. The number of rotatable bonds is 1. The van der Waals surface area contributed by atoms with Crippen LogP contribution >= 0.6 is 0 Å². The first-order valence-corrected chi connectivity index (χ1v) is 3.44. The summed E-state index contributed by atoms with van der Waals surface area (Å²) >= 11 is 0. The summed E-state index contributed by atoms with van der Waals surface area (Å²) in [6.45, 7) is 4.06. The van der Waals surface area contributed by atoms with Gasteiger partial charge in [-0.05, 0) is 25.5 Å². The fourth-order valence-corrected chi connectivity index (χ4v) is 0.902. The lowest BCUT2D eigenvalue weighted by Crippen LogP contribution is -1.74. The van der Waals surface area contributed by atoms with Crippen LogP contribution in [0.25, 0.3) is 0 Å². The molecule has 0 aliphatic rings. The molecule has 0 fully saturated rings. The summed E-state index contributed by atoms with van der Waals surface area (Å²) in [5.74, 6) is 0. The Morgan fingerprint density at radius 1 is 1.40 bits per heavy atom. The molecule has 0 atom stereocenters. The van der Waals surface area contributed by atoms with Crippen molar-refractivity contribution < 1.29 is 0 Å². The Labute approximate surface area is 62.2 Å². The monoisotopic (exact) mass is 131 g/mol. The first-order chi connectivity index (χ1) is 4.83. The zero-order valence-electron chi connectivity index (χ0n) is 6.39. The Bertz CT molecular complexity index is 234. The van der Waals surface area contributed by atoms with Crippen LogP contribution in [-0.2, 0) is 0 Å². The minimum absolute atomic E-state index is 1.16. The van der Waals surface area contributed by atoms with Gasteiger partial charge in [0.1, 0.15) is 0 Å². The maximum absolute atomic E-state index is 3.12. The van der Waals surface area contributed by atoms with Gasteiger partial charge in [0.2, 0.25) is 0 Å².